The summed E-state index contributed by atoms with van der Waals surface area (Å²) in [6.45, 7) is 1.45. The van der Waals surface area contributed by atoms with Gasteiger partial charge in [-0.15, -0.1) is 0 Å². The van der Waals surface area contributed by atoms with Crippen LogP contribution in [0.3, 0.4) is 0 Å². The first-order chi connectivity index (χ1) is 9.58. The second kappa shape index (κ2) is 5.97. The van der Waals surface area contributed by atoms with Gasteiger partial charge in [0.1, 0.15) is 0 Å². The fourth-order valence-corrected chi connectivity index (χ4v) is 1.77. The molecule has 5 heteroatoms. The third-order valence-corrected chi connectivity index (χ3v) is 2.79. The fourth-order valence-electron chi connectivity index (χ4n) is 1.77. The average Bonchev–Trinajstić information content (AvgIpc) is 2.47. The number of aromatic nitrogens is 1. The van der Waals surface area contributed by atoms with E-state index in [0.29, 0.717) is 11.3 Å². The van der Waals surface area contributed by atoms with Crippen molar-refractivity contribution >= 4 is 23.2 Å². The number of carbonyl (C=O) groups is 2. The molecule has 0 aliphatic carbocycles. The maximum Gasteiger partial charge on any atom is 0.259 e. The van der Waals surface area contributed by atoms with E-state index < -0.39 is 0 Å². The summed E-state index contributed by atoms with van der Waals surface area (Å²) in [5.41, 5.74) is 1.97. The second-order valence-corrected chi connectivity index (χ2v) is 4.33. The van der Waals surface area contributed by atoms with Gasteiger partial charge in [-0.2, -0.15) is 0 Å². The molecular weight excluding hydrogens is 254 g/mol. The molecule has 0 spiro atoms. The van der Waals surface area contributed by atoms with Crippen LogP contribution in [0.5, 0.6) is 0 Å². The van der Waals surface area contributed by atoms with Crippen molar-refractivity contribution in [3.63, 3.8) is 0 Å². The van der Waals surface area contributed by atoms with Crippen LogP contribution in [0.1, 0.15) is 17.3 Å². The summed E-state index contributed by atoms with van der Waals surface area (Å²) in [5, 5.41) is 2.68. The third kappa shape index (κ3) is 3.20. The fraction of sp³-hybridized carbons (Fsp3) is 0.133. The quantitative estimate of drug-likeness (QED) is 0.930. The molecule has 1 N–H and O–H groups in total. The van der Waals surface area contributed by atoms with Gasteiger partial charge in [0.15, 0.2) is 0 Å². The van der Waals surface area contributed by atoms with Crippen LogP contribution < -0.4 is 10.2 Å². The number of amides is 2. The van der Waals surface area contributed by atoms with Crippen LogP contribution in [0.15, 0.2) is 48.8 Å². The minimum atomic E-state index is -0.134. The van der Waals surface area contributed by atoms with E-state index in [-0.39, 0.29) is 11.8 Å². The highest BCUT2D eigenvalue weighted by atomic mass is 16.2. The summed E-state index contributed by atoms with van der Waals surface area (Å²) in [6, 6.07) is 10.5. The molecule has 0 saturated heterocycles. The SMILES string of the molecule is CC(=O)Nc1ccc(N(C)C(=O)c2cccnc2)cc1. The third-order valence-electron chi connectivity index (χ3n) is 2.79. The largest absolute Gasteiger partial charge is 0.326 e. The molecule has 2 amide bonds. The Morgan fingerprint density at radius 3 is 2.40 bits per heavy atom. The van der Waals surface area contributed by atoms with Crippen molar-refractivity contribution in [2.45, 2.75) is 6.92 Å². The van der Waals surface area contributed by atoms with Gasteiger partial charge in [-0.25, -0.2) is 0 Å². The standard InChI is InChI=1S/C15H15N3O2/c1-11(19)17-13-5-7-14(8-6-13)18(2)15(20)12-4-3-9-16-10-12/h3-10H,1-2H3,(H,17,19). The lowest BCUT2D eigenvalue weighted by Gasteiger charge is -2.17. The first-order valence-corrected chi connectivity index (χ1v) is 6.13. The van der Waals surface area contributed by atoms with Gasteiger partial charge in [0, 0.05) is 37.7 Å². The number of rotatable bonds is 3. The molecule has 20 heavy (non-hydrogen) atoms. The molecule has 102 valence electrons. The van der Waals surface area contributed by atoms with Crippen LogP contribution in [0.2, 0.25) is 0 Å². The van der Waals surface area contributed by atoms with Gasteiger partial charge in [0.25, 0.3) is 5.91 Å². The maximum atomic E-state index is 12.2. The molecule has 0 aliphatic rings. The van der Waals surface area contributed by atoms with Crippen LogP contribution >= 0.6 is 0 Å². The zero-order valence-electron chi connectivity index (χ0n) is 11.3. The average molecular weight is 269 g/mol. The molecule has 0 aliphatic heterocycles. The van der Waals surface area contributed by atoms with Crippen LogP contribution in [-0.2, 0) is 4.79 Å². The van der Waals surface area contributed by atoms with Crippen molar-refractivity contribution in [1.82, 2.24) is 4.98 Å². The Hall–Kier alpha value is -2.69. The van der Waals surface area contributed by atoms with Crippen molar-refractivity contribution in [2.75, 3.05) is 17.3 Å². The van der Waals surface area contributed by atoms with E-state index in [9.17, 15) is 9.59 Å². The monoisotopic (exact) mass is 269 g/mol. The minimum absolute atomic E-state index is 0.127. The Morgan fingerprint density at radius 1 is 1.15 bits per heavy atom. The van der Waals surface area contributed by atoms with E-state index >= 15 is 0 Å². The van der Waals surface area contributed by atoms with Crippen molar-refractivity contribution in [2.24, 2.45) is 0 Å². The molecule has 0 radical (unpaired) electrons. The Labute approximate surface area is 117 Å². The first kappa shape index (κ1) is 13.7. The minimum Gasteiger partial charge on any atom is -0.326 e. The van der Waals surface area contributed by atoms with Crippen molar-refractivity contribution in [1.29, 1.82) is 0 Å². The number of hydrogen-bond donors (Lipinski definition) is 1. The molecule has 0 saturated carbocycles. The number of hydrogen-bond acceptors (Lipinski definition) is 3. The maximum absolute atomic E-state index is 12.2. The molecule has 2 rings (SSSR count). The topological polar surface area (TPSA) is 62.3 Å². The van der Waals surface area contributed by atoms with Gasteiger partial charge in [-0.3, -0.25) is 14.6 Å². The lowest BCUT2D eigenvalue weighted by atomic mass is 10.2. The summed E-state index contributed by atoms with van der Waals surface area (Å²) in [4.78, 5) is 28.6. The van der Waals surface area contributed by atoms with E-state index in [1.54, 1.807) is 49.6 Å². The summed E-state index contributed by atoms with van der Waals surface area (Å²) in [7, 11) is 1.70. The van der Waals surface area contributed by atoms with Gasteiger partial charge in [0.05, 0.1) is 5.56 Å². The van der Waals surface area contributed by atoms with E-state index in [1.165, 1.54) is 18.0 Å². The normalized spacial score (nSPS) is 9.90. The lowest BCUT2D eigenvalue weighted by Crippen LogP contribution is -2.26. The number of carbonyl (C=O) groups excluding carboxylic acids is 2. The Kier molecular flexibility index (Phi) is 4.10. The Morgan fingerprint density at radius 2 is 1.85 bits per heavy atom. The smallest absolute Gasteiger partial charge is 0.259 e. The van der Waals surface area contributed by atoms with Gasteiger partial charge in [-0.05, 0) is 36.4 Å². The molecule has 5 nitrogen and oxygen atoms in total. The van der Waals surface area contributed by atoms with Gasteiger partial charge in [-0.1, -0.05) is 0 Å². The lowest BCUT2D eigenvalue weighted by molar-refractivity contribution is -0.114. The number of benzene rings is 1. The van der Waals surface area contributed by atoms with E-state index in [2.05, 4.69) is 10.3 Å². The van der Waals surface area contributed by atoms with E-state index in [0.717, 1.165) is 5.69 Å². The summed E-state index contributed by atoms with van der Waals surface area (Å²) in [5.74, 6) is -0.261. The van der Waals surface area contributed by atoms with Crippen LogP contribution in [0.4, 0.5) is 11.4 Å². The molecule has 1 aromatic heterocycles. The second-order valence-electron chi connectivity index (χ2n) is 4.33. The summed E-state index contributed by atoms with van der Waals surface area (Å²) in [6.07, 6.45) is 3.16. The Balaban J connectivity index is 2.15. The molecule has 0 unspecified atom stereocenters. The first-order valence-electron chi connectivity index (χ1n) is 6.13. The molecule has 0 bridgehead atoms. The van der Waals surface area contributed by atoms with E-state index in [1.807, 2.05) is 0 Å². The zero-order chi connectivity index (χ0) is 14.5. The number of pyridine rings is 1. The van der Waals surface area contributed by atoms with Gasteiger partial charge < -0.3 is 10.2 Å². The molecule has 0 atom stereocenters. The summed E-state index contributed by atoms with van der Waals surface area (Å²) >= 11 is 0. The van der Waals surface area contributed by atoms with Crippen LogP contribution in [0, 0.1) is 0 Å². The van der Waals surface area contributed by atoms with Crippen molar-refractivity contribution in [3.8, 4) is 0 Å². The summed E-state index contributed by atoms with van der Waals surface area (Å²) < 4.78 is 0. The van der Waals surface area contributed by atoms with Gasteiger partial charge in [0.2, 0.25) is 5.91 Å². The molecule has 2 aromatic rings. The highest BCUT2D eigenvalue weighted by molar-refractivity contribution is 6.05. The highest BCUT2D eigenvalue weighted by Crippen LogP contribution is 2.18. The predicted octanol–water partition coefficient (Wildman–Crippen LogP) is 2.32. The highest BCUT2D eigenvalue weighted by Gasteiger charge is 2.13. The van der Waals surface area contributed by atoms with Gasteiger partial charge >= 0.3 is 0 Å². The number of nitrogens with one attached hydrogen (secondary N) is 1. The molecule has 1 aromatic carbocycles. The molecular formula is C15H15N3O2. The van der Waals surface area contributed by atoms with Crippen molar-refractivity contribution in [3.05, 3.63) is 54.4 Å². The number of nitrogens with zero attached hydrogens (tertiary/aromatic N) is 2. The number of anilines is 2. The van der Waals surface area contributed by atoms with E-state index in [4.69, 9.17) is 0 Å². The van der Waals surface area contributed by atoms with Crippen LogP contribution in [-0.4, -0.2) is 23.8 Å². The van der Waals surface area contributed by atoms with Crippen LogP contribution in [0.25, 0.3) is 0 Å². The Bertz CT molecular complexity index is 609. The zero-order valence-corrected chi connectivity index (χ0v) is 11.3. The molecule has 0 fully saturated rings. The predicted molar refractivity (Wildman–Crippen MR) is 77.7 cm³/mol. The molecule has 1 heterocycles. The van der Waals surface area contributed by atoms with Crippen molar-refractivity contribution < 1.29 is 9.59 Å².